The maximum atomic E-state index is 9.27. The first-order valence-corrected chi connectivity index (χ1v) is 7.25. The molecule has 0 aromatic carbocycles. The summed E-state index contributed by atoms with van der Waals surface area (Å²) >= 11 is 1.62. The Labute approximate surface area is 111 Å². The molecular weight excluding hydrogens is 246 g/mol. The lowest BCUT2D eigenvalue weighted by molar-refractivity contribution is -0.0299. The van der Waals surface area contributed by atoms with Gasteiger partial charge in [-0.2, -0.15) is 5.26 Å². The fourth-order valence-corrected chi connectivity index (χ4v) is 3.56. The molecule has 2 aliphatic rings. The average Bonchev–Trinajstić information content (AvgIpc) is 2.79. The number of likely N-dealkylation sites (tertiary alicyclic amines) is 1. The summed E-state index contributed by atoms with van der Waals surface area (Å²) in [6.07, 6.45) is 2.35. The van der Waals surface area contributed by atoms with Gasteiger partial charge in [-0.05, 0) is 33.0 Å². The van der Waals surface area contributed by atoms with E-state index in [1.165, 1.54) is 18.5 Å². The molecule has 0 aliphatic carbocycles. The van der Waals surface area contributed by atoms with Gasteiger partial charge < -0.3 is 9.64 Å². The maximum Gasteiger partial charge on any atom is 0.155 e. The number of aromatic nitrogens is 1. The lowest BCUT2D eigenvalue weighted by Gasteiger charge is -2.33. The molecule has 4 nitrogen and oxygen atoms in total. The van der Waals surface area contributed by atoms with Crippen molar-refractivity contribution in [3.63, 3.8) is 0 Å². The van der Waals surface area contributed by atoms with Crippen molar-refractivity contribution in [1.29, 1.82) is 5.26 Å². The largest absolute Gasteiger partial charge is 0.377 e. The van der Waals surface area contributed by atoms with Crippen molar-refractivity contribution in [3.05, 3.63) is 16.1 Å². The van der Waals surface area contributed by atoms with Gasteiger partial charge in [-0.1, -0.05) is 0 Å². The van der Waals surface area contributed by atoms with Crippen LogP contribution in [0.3, 0.4) is 0 Å². The highest BCUT2D eigenvalue weighted by atomic mass is 32.1. The summed E-state index contributed by atoms with van der Waals surface area (Å²) in [7, 11) is 2.17. The van der Waals surface area contributed by atoms with E-state index < -0.39 is 5.41 Å². The van der Waals surface area contributed by atoms with Crippen molar-refractivity contribution in [2.75, 3.05) is 33.4 Å². The second-order valence-electron chi connectivity index (χ2n) is 5.34. The lowest BCUT2D eigenvalue weighted by atomic mass is 9.88. The van der Waals surface area contributed by atoms with E-state index in [4.69, 9.17) is 9.72 Å². The van der Waals surface area contributed by atoms with Crippen molar-refractivity contribution in [3.8, 4) is 6.07 Å². The van der Waals surface area contributed by atoms with Gasteiger partial charge in [0.2, 0.25) is 0 Å². The minimum absolute atomic E-state index is 0.450. The van der Waals surface area contributed by atoms with Gasteiger partial charge in [0, 0.05) is 11.3 Å². The third-order valence-corrected chi connectivity index (χ3v) is 5.04. The number of rotatable bonds is 2. The highest BCUT2D eigenvalue weighted by molar-refractivity contribution is 7.09. The average molecular weight is 263 g/mol. The summed E-state index contributed by atoms with van der Waals surface area (Å²) in [6.45, 7) is 3.29. The minimum Gasteiger partial charge on any atom is -0.377 e. The second kappa shape index (κ2) is 4.61. The third-order valence-electron chi connectivity index (χ3n) is 3.98. The van der Waals surface area contributed by atoms with Crippen molar-refractivity contribution >= 4 is 11.3 Å². The Balaban J connectivity index is 1.76. The molecule has 1 aromatic rings. The Bertz CT molecular complexity index is 467. The molecule has 0 amide bonds. The summed E-state index contributed by atoms with van der Waals surface area (Å²) in [6, 6.07) is 2.37. The van der Waals surface area contributed by atoms with E-state index in [1.54, 1.807) is 11.3 Å². The summed E-state index contributed by atoms with van der Waals surface area (Å²) in [5.41, 5.74) is 0.735. The van der Waals surface area contributed by atoms with Crippen LogP contribution in [-0.2, 0) is 10.2 Å². The molecule has 0 saturated carbocycles. The zero-order chi connectivity index (χ0) is 12.6. The van der Waals surface area contributed by atoms with Crippen molar-refractivity contribution in [1.82, 2.24) is 9.88 Å². The van der Waals surface area contributed by atoms with Crippen LogP contribution >= 0.6 is 11.3 Å². The molecule has 2 aliphatic heterocycles. The van der Waals surface area contributed by atoms with Crippen LogP contribution < -0.4 is 0 Å². The van der Waals surface area contributed by atoms with Crippen molar-refractivity contribution in [2.45, 2.75) is 24.2 Å². The van der Waals surface area contributed by atoms with Gasteiger partial charge in [-0.3, -0.25) is 0 Å². The Kier molecular flexibility index (Phi) is 3.10. The molecule has 0 N–H and O–H groups in total. The van der Waals surface area contributed by atoms with Crippen LogP contribution in [0.5, 0.6) is 0 Å². The van der Waals surface area contributed by atoms with E-state index in [1.807, 2.05) is 0 Å². The van der Waals surface area contributed by atoms with Crippen LogP contribution in [0.1, 0.15) is 29.5 Å². The zero-order valence-electron chi connectivity index (χ0n) is 10.6. The van der Waals surface area contributed by atoms with E-state index in [9.17, 15) is 5.26 Å². The molecule has 5 heteroatoms. The van der Waals surface area contributed by atoms with Gasteiger partial charge >= 0.3 is 0 Å². The van der Waals surface area contributed by atoms with Crippen LogP contribution in [0.25, 0.3) is 0 Å². The molecule has 3 rings (SSSR count). The Morgan fingerprint density at radius 3 is 2.78 bits per heavy atom. The first-order valence-electron chi connectivity index (χ1n) is 6.37. The standard InChI is InChI=1S/C13H17N3OS/c1-16-4-2-10(3-5-16)11-6-18-12(15-11)13(7-14)8-17-9-13/h6,10H,2-5,8-9H2,1H3. The van der Waals surface area contributed by atoms with Crippen molar-refractivity contribution < 1.29 is 4.74 Å². The summed E-state index contributed by atoms with van der Waals surface area (Å²) in [4.78, 5) is 7.08. The predicted octanol–water partition coefficient (Wildman–Crippen LogP) is 1.74. The molecule has 96 valence electrons. The normalized spacial score (nSPS) is 24.4. The summed E-state index contributed by atoms with van der Waals surface area (Å²) < 4.78 is 5.19. The molecule has 18 heavy (non-hydrogen) atoms. The van der Waals surface area contributed by atoms with Gasteiger partial charge in [0.05, 0.1) is 25.0 Å². The summed E-state index contributed by atoms with van der Waals surface area (Å²) in [5.74, 6) is 0.572. The third kappa shape index (κ3) is 1.95. The number of nitriles is 1. The van der Waals surface area contributed by atoms with E-state index in [0.717, 1.165) is 18.1 Å². The number of hydrogen-bond acceptors (Lipinski definition) is 5. The molecule has 2 fully saturated rings. The van der Waals surface area contributed by atoms with Gasteiger partial charge in [-0.25, -0.2) is 4.98 Å². The van der Waals surface area contributed by atoms with Crippen LogP contribution in [-0.4, -0.2) is 43.2 Å². The number of piperidine rings is 1. The minimum atomic E-state index is -0.450. The fourth-order valence-electron chi connectivity index (χ4n) is 2.54. The van der Waals surface area contributed by atoms with Gasteiger partial charge in [0.25, 0.3) is 0 Å². The number of ether oxygens (including phenoxy) is 1. The van der Waals surface area contributed by atoms with E-state index in [-0.39, 0.29) is 0 Å². The lowest BCUT2D eigenvalue weighted by Crippen LogP contribution is -2.45. The monoisotopic (exact) mass is 263 g/mol. The smallest absolute Gasteiger partial charge is 0.155 e. The van der Waals surface area contributed by atoms with Crippen LogP contribution in [0.2, 0.25) is 0 Å². The molecule has 0 unspecified atom stereocenters. The maximum absolute atomic E-state index is 9.27. The highest BCUT2D eigenvalue weighted by Crippen LogP contribution is 2.36. The van der Waals surface area contributed by atoms with Crippen molar-refractivity contribution in [2.24, 2.45) is 0 Å². The van der Waals surface area contributed by atoms with Crippen LogP contribution in [0, 0.1) is 11.3 Å². The molecule has 0 radical (unpaired) electrons. The van der Waals surface area contributed by atoms with Crippen LogP contribution in [0.4, 0.5) is 0 Å². The number of thiazole rings is 1. The first-order chi connectivity index (χ1) is 8.73. The number of hydrogen-bond donors (Lipinski definition) is 0. The predicted molar refractivity (Wildman–Crippen MR) is 69.7 cm³/mol. The quantitative estimate of drug-likeness (QED) is 0.815. The van der Waals surface area contributed by atoms with E-state index >= 15 is 0 Å². The molecule has 1 aromatic heterocycles. The molecule has 0 bridgehead atoms. The van der Waals surface area contributed by atoms with Crippen LogP contribution in [0.15, 0.2) is 5.38 Å². The number of nitrogens with zero attached hydrogens (tertiary/aromatic N) is 3. The summed E-state index contributed by atoms with van der Waals surface area (Å²) in [5, 5.41) is 12.4. The zero-order valence-corrected chi connectivity index (χ0v) is 11.4. The topological polar surface area (TPSA) is 49.2 Å². The second-order valence-corrected chi connectivity index (χ2v) is 6.20. The Hall–Kier alpha value is -0.960. The molecular formula is C13H17N3OS. The Morgan fingerprint density at radius 2 is 2.22 bits per heavy atom. The van der Waals surface area contributed by atoms with Gasteiger partial charge in [0.1, 0.15) is 5.01 Å². The SMILES string of the molecule is CN1CCC(c2csc(C3(C#N)COC3)n2)CC1. The molecule has 0 spiro atoms. The Morgan fingerprint density at radius 1 is 1.50 bits per heavy atom. The molecule has 3 heterocycles. The molecule has 2 saturated heterocycles. The van der Waals surface area contributed by atoms with E-state index in [0.29, 0.717) is 19.1 Å². The van der Waals surface area contributed by atoms with E-state index in [2.05, 4.69) is 23.4 Å². The van der Waals surface area contributed by atoms with Gasteiger partial charge in [0.15, 0.2) is 5.41 Å². The first kappa shape index (κ1) is 12.1. The fraction of sp³-hybridized carbons (Fsp3) is 0.692. The highest BCUT2D eigenvalue weighted by Gasteiger charge is 2.43. The molecule has 0 atom stereocenters. The van der Waals surface area contributed by atoms with Gasteiger partial charge in [-0.15, -0.1) is 11.3 Å².